The summed E-state index contributed by atoms with van der Waals surface area (Å²) in [6.45, 7) is 2.75. The van der Waals surface area contributed by atoms with Gasteiger partial charge in [0.15, 0.2) is 0 Å². The Bertz CT molecular complexity index is 1140. The van der Waals surface area contributed by atoms with Gasteiger partial charge in [-0.2, -0.15) is 5.26 Å². The van der Waals surface area contributed by atoms with E-state index >= 15 is 0 Å². The van der Waals surface area contributed by atoms with E-state index in [1.807, 2.05) is 24.3 Å². The zero-order valence-corrected chi connectivity index (χ0v) is 15.4. The lowest BCUT2D eigenvalue weighted by Gasteiger charge is -2.09. The number of ether oxygens (including phenoxy) is 1. The second kappa shape index (κ2) is 6.66. The summed E-state index contributed by atoms with van der Waals surface area (Å²) < 4.78 is 7.40. The second-order valence-corrected chi connectivity index (χ2v) is 7.11. The van der Waals surface area contributed by atoms with Crippen molar-refractivity contribution in [2.75, 3.05) is 12.4 Å². The first-order chi connectivity index (χ1) is 12.7. The minimum Gasteiger partial charge on any atom is -0.497 e. The molecule has 0 saturated carbocycles. The van der Waals surface area contributed by atoms with Crippen LogP contribution < -0.4 is 10.1 Å². The van der Waals surface area contributed by atoms with Gasteiger partial charge in [0.2, 0.25) is 0 Å². The molecule has 26 heavy (non-hydrogen) atoms. The third kappa shape index (κ3) is 2.75. The molecule has 0 atom stereocenters. The van der Waals surface area contributed by atoms with Gasteiger partial charge < -0.3 is 10.1 Å². The Hall–Kier alpha value is -3.10. The van der Waals surface area contributed by atoms with Crippen LogP contribution in [0.4, 0.5) is 5.82 Å². The number of methoxy groups -OCH3 is 1. The van der Waals surface area contributed by atoms with Gasteiger partial charge in [-0.1, -0.05) is 30.3 Å². The fourth-order valence-electron chi connectivity index (χ4n) is 3.08. The van der Waals surface area contributed by atoms with Gasteiger partial charge in [0, 0.05) is 28.2 Å². The first kappa shape index (κ1) is 16.4. The minimum atomic E-state index is 0.621. The lowest BCUT2D eigenvalue weighted by molar-refractivity contribution is 0.414. The zero-order chi connectivity index (χ0) is 18.1. The van der Waals surface area contributed by atoms with Crippen LogP contribution in [0.2, 0.25) is 0 Å². The van der Waals surface area contributed by atoms with Crippen molar-refractivity contribution in [1.82, 2.24) is 4.98 Å². The fraction of sp³-hybridized carbons (Fsp3) is 0.143. The number of aryl methyl sites for hydroxylation is 1. The summed E-state index contributed by atoms with van der Waals surface area (Å²) in [5.41, 5.74) is 2.98. The molecule has 0 saturated heterocycles. The van der Waals surface area contributed by atoms with E-state index in [4.69, 9.17) is 4.74 Å². The van der Waals surface area contributed by atoms with E-state index in [0.29, 0.717) is 12.1 Å². The summed E-state index contributed by atoms with van der Waals surface area (Å²) in [6, 6.07) is 16.5. The van der Waals surface area contributed by atoms with Crippen LogP contribution in [0, 0.1) is 18.3 Å². The molecule has 4 aromatic rings. The summed E-state index contributed by atoms with van der Waals surface area (Å²) in [5, 5.41) is 15.1. The van der Waals surface area contributed by atoms with Crippen LogP contribution in [-0.2, 0) is 6.54 Å². The molecule has 0 aliphatic rings. The smallest absolute Gasteiger partial charge is 0.135 e. The van der Waals surface area contributed by atoms with Crippen molar-refractivity contribution < 1.29 is 4.74 Å². The molecule has 0 unspecified atom stereocenters. The van der Waals surface area contributed by atoms with E-state index in [0.717, 1.165) is 32.6 Å². The molecule has 0 amide bonds. The van der Waals surface area contributed by atoms with Gasteiger partial charge in [-0.3, -0.25) is 0 Å². The number of benzene rings is 2. The average molecular weight is 359 g/mol. The predicted octanol–water partition coefficient (Wildman–Crippen LogP) is 5.25. The number of rotatable bonds is 4. The van der Waals surface area contributed by atoms with Crippen molar-refractivity contribution in [3.63, 3.8) is 0 Å². The summed E-state index contributed by atoms with van der Waals surface area (Å²) >= 11 is 1.66. The summed E-state index contributed by atoms with van der Waals surface area (Å²) in [5.74, 6) is 1.65. The molecule has 0 radical (unpaired) electrons. The molecule has 5 heteroatoms. The van der Waals surface area contributed by atoms with E-state index in [1.165, 1.54) is 10.3 Å². The van der Waals surface area contributed by atoms with Crippen LogP contribution in [0.5, 0.6) is 5.75 Å². The number of pyridine rings is 1. The number of thiophene rings is 1. The highest BCUT2D eigenvalue weighted by Crippen LogP contribution is 2.40. The maximum absolute atomic E-state index is 9.46. The van der Waals surface area contributed by atoms with Crippen molar-refractivity contribution >= 4 is 37.3 Å². The molecular formula is C21H17N3OS. The van der Waals surface area contributed by atoms with Crippen LogP contribution in [0.3, 0.4) is 0 Å². The van der Waals surface area contributed by atoms with Crippen molar-refractivity contribution in [3.8, 4) is 11.8 Å². The largest absolute Gasteiger partial charge is 0.497 e. The average Bonchev–Trinajstić information content (AvgIpc) is 3.08. The van der Waals surface area contributed by atoms with E-state index in [1.54, 1.807) is 24.6 Å². The summed E-state index contributed by atoms with van der Waals surface area (Å²) in [7, 11) is 1.66. The van der Waals surface area contributed by atoms with Gasteiger partial charge in [0.1, 0.15) is 17.6 Å². The van der Waals surface area contributed by atoms with Crippen molar-refractivity contribution in [2.45, 2.75) is 13.5 Å². The summed E-state index contributed by atoms with van der Waals surface area (Å²) in [4.78, 5) is 4.53. The standard InChI is InChI=1S/C21H17N3OS/c1-13-4-3-5-17-18-20(26-19(13)17)15(10-22)12-24-21(18)23-11-14-6-8-16(25-2)9-7-14/h3-9,12H,11H2,1-2H3,(H,23,24). The first-order valence-corrected chi connectivity index (χ1v) is 9.10. The molecule has 2 heterocycles. The number of anilines is 1. The van der Waals surface area contributed by atoms with Crippen LogP contribution in [0.25, 0.3) is 20.2 Å². The SMILES string of the molecule is COc1ccc(CNc2ncc(C#N)c3sc4c(C)cccc4c23)cc1. The molecule has 1 N–H and O–H groups in total. The highest BCUT2D eigenvalue weighted by atomic mass is 32.1. The number of nitrogens with one attached hydrogen (secondary N) is 1. The topological polar surface area (TPSA) is 57.9 Å². The molecular weight excluding hydrogens is 342 g/mol. The molecule has 2 aromatic heterocycles. The Kier molecular flexibility index (Phi) is 4.19. The number of fused-ring (bicyclic) bond motifs is 3. The summed E-state index contributed by atoms with van der Waals surface area (Å²) in [6.07, 6.45) is 1.66. The Morgan fingerprint density at radius 1 is 1.15 bits per heavy atom. The lowest BCUT2D eigenvalue weighted by atomic mass is 10.1. The molecule has 0 aliphatic carbocycles. The molecule has 0 bridgehead atoms. The van der Waals surface area contributed by atoms with E-state index < -0.39 is 0 Å². The molecule has 2 aromatic carbocycles. The lowest BCUT2D eigenvalue weighted by Crippen LogP contribution is -2.02. The van der Waals surface area contributed by atoms with Gasteiger partial charge in [0.05, 0.1) is 17.4 Å². The van der Waals surface area contributed by atoms with Gasteiger partial charge in [-0.15, -0.1) is 11.3 Å². The van der Waals surface area contributed by atoms with Gasteiger partial charge in [-0.05, 0) is 30.2 Å². The number of nitrogens with zero attached hydrogens (tertiary/aromatic N) is 2. The van der Waals surface area contributed by atoms with Gasteiger partial charge in [0.25, 0.3) is 0 Å². The normalized spacial score (nSPS) is 10.8. The molecule has 4 nitrogen and oxygen atoms in total. The highest BCUT2D eigenvalue weighted by molar-refractivity contribution is 7.26. The van der Waals surface area contributed by atoms with Gasteiger partial charge >= 0.3 is 0 Å². The third-order valence-corrected chi connectivity index (χ3v) is 5.83. The van der Waals surface area contributed by atoms with Crippen LogP contribution >= 0.6 is 11.3 Å². The maximum atomic E-state index is 9.46. The number of nitriles is 1. The predicted molar refractivity (Wildman–Crippen MR) is 107 cm³/mol. The Labute approximate surface area is 155 Å². The molecule has 0 spiro atoms. The minimum absolute atomic E-state index is 0.621. The van der Waals surface area contributed by atoms with E-state index in [9.17, 15) is 5.26 Å². The maximum Gasteiger partial charge on any atom is 0.135 e. The van der Waals surface area contributed by atoms with Crippen LogP contribution in [0.1, 0.15) is 16.7 Å². The zero-order valence-electron chi connectivity index (χ0n) is 14.5. The van der Waals surface area contributed by atoms with Crippen molar-refractivity contribution in [3.05, 3.63) is 65.4 Å². The highest BCUT2D eigenvalue weighted by Gasteiger charge is 2.15. The van der Waals surface area contributed by atoms with Crippen LogP contribution in [0.15, 0.2) is 48.7 Å². The van der Waals surface area contributed by atoms with E-state index in [2.05, 4.69) is 41.5 Å². The Morgan fingerprint density at radius 2 is 1.96 bits per heavy atom. The quantitative estimate of drug-likeness (QED) is 0.541. The van der Waals surface area contributed by atoms with Gasteiger partial charge in [-0.25, -0.2) is 4.98 Å². The van der Waals surface area contributed by atoms with Crippen molar-refractivity contribution in [1.29, 1.82) is 5.26 Å². The Balaban J connectivity index is 1.78. The molecule has 0 aliphatic heterocycles. The molecule has 0 fully saturated rings. The molecule has 4 rings (SSSR count). The second-order valence-electron chi connectivity index (χ2n) is 6.09. The monoisotopic (exact) mass is 359 g/mol. The van der Waals surface area contributed by atoms with Crippen LogP contribution in [-0.4, -0.2) is 12.1 Å². The fourth-order valence-corrected chi connectivity index (χ4v) is 4.31. The van der Waals surface area contributed by atoms with E-state index in [-0.39, 0.29) is 0 Å². The third-order valence-electron chi connectivity index (χ3n) is 4.46. The number of hydrogen-bond acceptors (Lipinski definition) is 5. The van der Waals surface area contributed by atoms with Crippen molar-refractivity contribution in [2.24, 2.45) is 0 Å². The number of hydrogen-bond donors (Lipinski definition) is 1. The number of aromatic nitrogens is 1. The molecule has 128 valence electrons. The first-order valence-electron chi connectivity index (χ1n) is 8.29. The Morgan fingerprint density at radius 3 is 2.69 bits per heavy atom.